The highest BCUT2D eigenvalue weighted by atomic mass is 32.1. The number of rotatable bonds is 9. The average Bonchev–Trinajstić information content (AvgIpc) is 3.36. The molecule has 38 heavy (non-hydrogen) atoms. The number of hydrogen-bond donors (Lipinski definition) is 2. The number of benzene rings is 3. The van der Waals surface area contributed by atoms with Crippen LogP contribution in [0, 0.1) is 12.8 Å². The van der Waals surface area contributed by atoms with Crippen LogP contribution in [0.5, 0.6) is 0 Å². The van der Waals surface area contributed by atoms with E-state index in [1.807, 2.05) is 61.5 Å². The van der Waals surface area contributed by atoms with E-state index in [-0.39, 0.29) is 30.1 Å². The van der Waals surface area contributed by atoms with Crippen LogP contribution in [0.15, 0.2) is 84.6 Å². The Bertz CT molecular complexity index is 1420. The van der Waals surface area contributed by atoms with Gasteiger partial charge in [-0.15, -0.1) is 11.3 Å². The Labute approximate surface area is 227 Å². The molecule has 3 atom stereocenters. The maximum atomic E-state index is 13.3. The highest BCUT2D eigenvalue weighted by Crippen LogP contribution is 2.39. The molecule has 2 heterocycles. The van der Waals surface area contributed by atoms with Gasteiger partial charge in [-0.3, -0.25) is 4.79 Å². The van der Waals surface area contributed by atoms with Gasteiger partial charge in [-0.1, -0.05) is 36.4 Å². The van der Waals surface area contributed by atoms with E-state index < -0.39 is 6.29 Å². The lowest BCUT2D eigenvalue weighted by molar-refractivity contribution is -0.165. The van der Waals surface area contributed by atoms with Crippen molar-refractivity contribution in [1.29, 1.82) is 0 Å². The quantitative estimate of drug-likeness (QED) is 0.254. The fraction of sp³-hybridized carbons (Fsp3) is 0.290. The van der Waals surface area contributed by atoms with Gasteiger partial charge < -0.3 is 19.9 Å². The van der Waals surface area contributed by atoms with Crippen molar-refractivity contribution in [2.45, 2.75) is 38.9 Å². The van der Waals surface area contributed by atoms with Crippen molar-refractivity contribution in [3.05, 3.63) is 95.8 Å². The SMILES string of the molecule is CCO[C@@H]1OC(C(=O)Nc2ccc(-c3nc4ccc(C)cc4s3)cc2)=C[C@H](c2ccccc2)[C@@H]1CCCO. The fourth-order valence-corrected chi connectivity index (χ4v) is 5.93. The third kappa shape index (κ3) is 5.80. The molecule has 2 N–H and O–H groups in total. The van der Waals surface area contributed by atoms with Crippen LogP contribution in [0.25, 0.3) is 20.8 Å². The van der Waals surface area contributed by atoms with Crippen LogP contribution in [-0.4, -0.2) is 35.5 Å². The highest BCUT2D eigenvalue weighted by molar-refractivity contribution is 7.21. The molecular formula is C31H32N2O4S. The number of ether oxygens (including phenoxy) is 2. The zero-order chi connectivity index (χ0) is 26.5. The van der Waals surface area contributed by atoms with Gasteiger partial charge in [0.1, 0.15) is 5.01 Å². The van der Waals surface area contributed by atoms with Gasteiger partial charge >= 0.3 is 0 Å². The predicted octanol–water partition coefficient (Wildman–Crippen LogP) is 6.66. The van der Waals surface area contributed by atoms with Gasteiger partial charge in [-0.05, 0) is 80.3 Å². The molecule has 0 saturated carbocycles. The number of fused-ring (bicyclic) bond motifs is 1. The number of allylic oxidation sites excluding steroid dienone is 1. The van der Waals surface area contributed by atoms with E-state index in [0.29, 0.717) is 18.7 Å². The number of carbonyl (C=O) groups excluding carboxylic acids is 1. The Hall–Kier alpha value is -3.52. The van der Waals surface area contributed by atoms with Crippen LogP contribution in [0.3, 0.4) is 0 Å². The number of carbonyl (C=O) groups is 1. The van der Waals surface area contributed by atoms with Crippen LogP contribution < -0.4 is 5.32 Å². The summed E-state index contributed by atoms with van der Waals surface area (Å²) < 4.78 is 13.2. The highest BCUT2D eigenvalue weighted by Gasteiger charge is 2.37. The lowest BCUT2D eigenvalue weighted by atomic mass is 9.80. The molecular weight excluding hydrogens is 496 g/mol. The summed E-state index contributed by atoms with van der Waals surface area (Å²) >= 11 is 1.66. The minimum Gasteiger partial charge on any atom is -0.459 e. The third-order valence-corrected chi connectivity index (χ3v) is 7.82. The van der Waals surface area contributed by atoms with E-state index in [0.717, 1.165) is 32.8 Å². The van der Waals surface area contributed by atoms with Crippen molar-refractivity contribution >= 4 is 33.1 Å². The molecule has 0 fully saturated rings. The third-order valence-electron chi connectivity index (χ3n) is 6.75. The van der Waals surface area contributed by atoms with Gasteiger partial charge in [0.2, 0.25) is 6.29 Å². The Morgan fingerprint density at radius 2 is 1.89 bits per heavy atom. The van der Waals surface area contributed by atoms with E-state index in [1.54, 1.807) is 11.3 Å². The molecule has 5 rings (SSSR count). The number of nitrogens with zero attached hydrogens (tertiary/aromatic N) is 1. The lowest BCUT2D eigenvalue weighted by Crippen LogP contribution is -2.37. The molecule has 1 aliphatic rings. The monoisotopic (exact) mass is 528 g/mol. The summed E-state index contributed by atoms with van der Waals surface area (Å²) in [5.74, 6) is -0.167. The molecule has 196 valence electrons. The number of anilines is 1. The molecule has 0 spiro atoms. The van der Waals surface area contributed by atoms with E-state index in [9.17, 15) is 9.90 Å². The van der Waals surface area contributed by atoms with Crippen molar-refractivity contribution in [2.75, 3.05) is 18.5 Å². The van der Waals surface area contributed by atoms with Crippen LogP contribution in [0.1, 0.15) is 36.8 Å². The average molecular weight is 529 g/mol. The van der Waals surface area contributed by atoms with Gasteiger partial charge in [-0.25, -0.2) is 4.98 Å². The largest absolute Gasteiger partial charge is 0.459 e. The molecule has 7 heteroatoms. The first-order valence-electron chi connectivity index (χ1n) is 13.0. The first-order chi connectivity index (χ1) is 18.6. The minimum atomic E-state index is -0.576. The number of aromatic nitrogens is 1. The smallest absolute Gasteiger partial charge is 0.290 e. The number of thiazole rings is 1. The molecule has 1 aromatic heterocycles. The number of aryl methyl sites for hydroxylation is 1. The van der Waals surface area contributed by atoms with Crippen molar-refractivity contribution in [3.8, 4) is 10.6 Å². The van der Waals surface area contributed by atoms with Gasteiger partial charge in [-0.2, -0.15) is 0 Å². The van der Waals surface area contributed by atoms with Crippen molar-refractivity contribution < 1.29 is 19.4 Å². The van der Waals surface area contributed by atoms with Crippen molar-refractivity contribution in [1.82, 2.24) is 4.98 Å². The summed E-state index contributed by atoms with van der Waals surface area (Å²) in [4.78, 5) is 18.1. The normalized spacial score (nSPS) is 19.1. The summed E-state index contributed by atoms with van der Waals surface area (Å²) in [5.41, 5.74) is 4.97. The van der Waals surface area contributed by atoms with Crippen LogP contribution >= 0.6 is 11.3 Å². The topological polar surface area (TPSA) is 80.7 Å². The summed E-state index contributed by atoms with van der Waals surface area (Å²) in [5, 5.41) is 13.4. The lowest BCUT2D eigenvalue weighted by Gasteiger charge is -2.37. The Kier molecular flexibility index (Phi) is 8.17. The Morgan fingerprint density at radius 1 is 1.11 bits per heavy atom. The number of aliphatic hydroxyl groups is 1. The minimum absolute atomic E-state index is 0.0158. The number of hydrogen-bond acceptors (Lipinski definition) is 6. The van der Waals surface area contributed by atoms with Gasteiger partial charge in [0, 0.05) is 36.3 Å². The second kappa shape index (κ2) is 11.9. The summed E-state index contributed by atoms with van der Waals surface area (Å²) in [7, 11) is 0. The molecule has 4 aromatic rings. The van der Waals surface area contributed by atoms with Gasteiger partial charge in [0.15, 0.2) is 5.76 Å². The fourth-order valence-electron chi connectivity index (χ4n) is 4.86. The molecule has 0 aliphatic carbocycles. The van der Waals surface area contributed by atoms with Crippen molar-refractivity contribution in [2.24, 2.45) is 5.92 Å². The second-order valence-corrected chi connectivity index (χ2v) is 10.5. The first-order valence-corrected chi connectivity index (χ1v) is 13.8. The van der Waals surface area contributed by atoms with Crippen LogP contribution in [-0.2, 0) is 14.3 Å². The van der Waals surface area contributed by atoms with E-state index >= 15 is 0 Å². The molecule has 3 aromatic carbocycles. The Balaban J connectivity index is 1.36. The summed E-state index contributed by atoms with van der Waals surface area (Å²) in [6.45, 7) is 4.55. The van der Waals surface area contributed by atoms with Gasteiger partial charge in [0.25, 0.3) is 5.91 Å². The van der Waals surface area contributed by atoms with E-state index in [1.165, 1.54) is 5.56 Å². The van der Waals surface area contributed by atoms with Crippen molar-refractivity contribution in [3.63, 3.8) is 0 Å². The molecule has 0 bridgehead atoms. The van der Waals surface area contributed by atoms with Crippen LogP contribution in [0.2, 0.25) is 0 Å². The summed E-state index contributed by atoms with van der Waals surface area (Å²) in [6.07, 6.45) is 2.67. The van der Waals surface area contributed by atoms with E-state index in [2.05, 4.69) is 36.5 Å². The molecule has 0 radical (unpaired) electrons. The second-order valence-electron chi connectivity index (χ2n) is 9.46. The molecule has 1 amide bonds. The van der Waals surface area contributed by atoms with Crippen LogP contribution in [0.4, 0.5) is 5.69 Å². The maximum absolute atomic E-state index is 13.3. The molecule has 1 aliphatic heterocycles. The Morgan fingerprint density at radius 3 is 2.63 bits per heavy atom. The zero-order valence-corrected chi connectivity index (χ0v) is 22.4. The van der Waals surface area contributed by atoms with E-state index in [4.69, 9.17) is 14.5 Å². The first kappa shape index (κ1) is 26.1. The number of aliphatic hydroxyl groups excluding tert-OH is 1. The molecule has 0 saturated heterocycles. The number of amides is 1. The number of nitrogens with one attached hydrogen (secondary N) is 1. The van der Waals surface area contributed by atoms with Gasteiger partial charge in [0.05, 0.1) is 10.2 Å². The predicted molar refractivity (Wildman–Crippen MR) is 152 cm³/mol. The molecule has 6 nitrogen and oxygen atoms in total. The summed E-state index contributed by atoms with van der Waals surface area (Å²) in [6, 6.07) is 24.0. The maximum Gasteiger partial charge on any atom is 0.290 e. The molecule has 0 unspecified atom stereocenters. The zero-order valence-electron chi connectivity index (χ0n) is 21.6. The standard InChI is InChI=1S/C31H32N2O4S/c1-3-36-31-24(10-7-17-34)25(21-8-5-4-6-9-21)19-27(37-31)29(35)32-23-14-12-22(13-15-23)30-33-26-16-11-20(2)18-28(26)38-30/h4-6,8-9,11-16,18-19,24-25,31,34H,3,7,10,17H2,1-2H3,(H,32,35)/t24-,25+,31+/m0/s1.